The average Bonchev–Trinajstić information content (AvgIpc) is 2.43. The first-order chi connectivity index (χ1) is 10.0. The molecule has 1 aliphatic heterocycles. The van der Waals surface area contributed by atoms with Crippen LogP contribution in [-0.4, -0.2) is 42.8 Å². The molecule has 0 aliphatic carbocycles. The van der Waals surface area contributed by atoms with Crippen LogP contribution in [0.15, 0.2) is 0 Å². The molecule has 22 heavy (non-hydrogen) atoms. The van der Waals surface area contributed by atoms with E-state index in [1.165, 1.54) is 7.11 Å². The van der Waals surface area contributed by atoms with Gasteiger partial charge in [-0.05, 0) is 66.2 Å². The van der Waals surface area contributed by atoms with Gasteiger partial charge in [-0.1, -0.05) is 0 Å². The third-order valence-corrected chi connectivity index (χ3v) is 4.18. The molecule has 1 saturated heterocycles. The Morgan fingerprint density at radius 1 is 1.09 bits per heavy atom. The number of nitrogens with zero attached hydrogens (tertiary/aromatic N) is 1. The summed E-state index contributed by atoms with van der Waals surface area (Å²) in [5.41, 5.74) is -0.879. The molecule has 0 aromatic heterocycles. The van der Waals surface area contributed by atoms with Gasteiger partial charge < -0.3 is 14.4 Å². The monoisotopic (exact) mass is 313 g/mol. The molecule has 5 heteroatoms. The van der Waals surface area contributed by atoms with E-state index in [-0.39, 0.29) is 12.1 Å². The Morgan fingerprint density at radius 3 is 2.09 bits per heavy atom. The highest BCUT2D eigenvalue weighted by Crippen LogP contribution is 2.30. The number of ether oxygens (including phenoxy) is 2. The molecule has 1 heterocycles. The summed E-state index contributed by atoms with van der Waals surface area (Å²) in [7, 11) is 1.43. The summed E-state index contributed by atoms with van der Waals surface area (Å²) in [6, 6.07) is 0. The van der Waals surface area contributed by atoms with Gasteiger partial charge in [0.2, 0.25) is 0 Å². The maximum atomic E-state index is 12.0. The lowest BCUT2D eigenvalue weighted by molar-refractivity contribution is -0.151. The zero-order chi connectivity index (χ0) is 17.0. The first kappa shape index (κ1) is 18.8. The smallest absolute Gasteiger partial charge is 0.410 e. The summed E-state index contributed by atoms with van der Waals surface area (Å²) >= 11 is 0. The lowest BCUT2D eigenvalue weighted by Gasteiger charge is -2.34. The average molecular weight is 313 g/mol. The van der Waals surface area contributed by atoms with Crippen molar-refractivity contribution >= 4 is 12.1 Å². The zero-order valence-electron chi connectivity index (χ0n) is 14.9. The van der Waals surface area contributed by atoms with E-state index in [9.17, 15) is 9.59 Å². The van der Waals surface area contributed by atoms with Crippen molar-refractivity contribution in [3.8, 4) is 0 Å². The minimum absolute atomic E-state index is 0.154. The summed E-state index contributed by atoms with van der Waals surface area (Å²) in [5.74, 6) is 0.404. The van der Waals surface area contributed by atoms with Crippen LogP contribution in [0.4, 0.5) is 4.79 Å². The molecular weight excluding hydrogens is 282 g/mol. The third-order valence-electron chi connectivity index (χ3n) is 4.18. The van der Waals surface area contributed by atoms with E-state index in [0.29, 0.717) is 5.92 Å². The van der Waals surface area contributed by atoms with Gasteiger partial charge in [0.1, 0.15) is 5.60 Å². The molecule has 0 bridgehead atoms. The van der Waals surface area contributed by atoms with Crippen molar-refractivity contribution in [1.29, 1.82) is 0 Å². The van der Waals surface area contributed by atoms with Crippen molar-refractivity contribution in [3.05, 3.63) is 0 Å². The number of amides is 1. The number of hydrogen-bond donors (Lipinski definition) is 0. The third kappa shape index (κ3) is 5.85. The molecule has 0 aromatic carbocycles. The number of likely N-dealkylation sites (tertiary alicyclic amines) is 1. The first-order valence-electron chi connectivity index (χ1n) is 8.11. The topological polar surface area (TPSA) is 55.8 Å². The Labute approximate surface area is 134 Å². The maximum absolute atomic E-state index is 12.0. The van der Waals surface area contributed by atoms with Crippen LogP contribution in [0.3, 0.4) is 0 Å². The van der Waals surface area contributed by atoms with Crippen LogP contribution in [0.25, 0.3) is 0 Å². The number of carbonyl (C=O) groups excluding carboxylic acids is 2. The summed E-state index contributed by atoms with van der Waals surface area (Å²) in [6.45, 7) is 11.0. The Kier molecular flexibility index (Phi) is 6.27. The van der Waals surface area contributed by atoms with Gasteiger partial charge in [-0.25, -0.2) is 4.79 Å². The molecule has 5 nitrogen and oxygen atoms in total. The molecule has 0 unspecified atom stereocenters. The largest absolute Gasteiger partial charge is 0.469 e. The van der Waals surface area contributed by atoms with Crippen LogP contribution in [-0.2, 0) is 14.3 Å². The van der Waals surface area contributed by atoms with Crippen LogP contribution in [0.2, 0.25) is 0 Å². The van der Waals surface area contributed by atoms with Crippen molar-refractivity contribution in [1.82, 2.24) is 4.90 Å². The van der Waals surface area contributed by atoms with Crippen LogP contribution in [0.1, 0.15) is 60.3 Å². The molecule has 1 aliphatic rings. The van der Waals surface area contributed by atoms with Gasteiger partial charge in [0, 0.05) is 13.1 Å². The molecule has 0 saturated carbocycles. The van der Waals surface area contributed by atoms with Gasteiger partial charge in [-0.3, -0.25) is 4.79 Å². The Balaban J connectivity index is 2.37. The minimum Gasteiger partial charge on any atom is -0.469 e. The summed E-state index contributed by atoms with van der Waals surface area (Å²) in [5, 5.41) is 0. The highest BCUT2D eigenvalue weighted by atomic mass is 16.6. The molecule has 0 atom stereocenters. The van der Waals surface area contributed by atoms with Gasteiger partial charge in [0.05, 0.1) is 12.5 Å². The Morgan fingerprint density at radius 2 is 1.64 bits per heavy atom. The number of methoxy groups -OCH3 is 1. The van der Waals surface area contributed by atoms with Gasteiger partial charge in [0.15, 0.2) is 0 Å². The van der Waals surface area contributed by atoms with E-state index < -0.39 is 11.0 Å². The van der Waals surface area contributed by atoms with Crippen molar-refractivity contribution in [2.45, 2.75) is 65.9 Å². The lowest BCUT2D eigenvalue weighted by Crippen LogP contribution is -2.42. The SMILES string of the molecule is COC(=O)C(C)(C)CCC1CCN(C(=O)OC(C)(C)C)CC1. The van der Waals surface area contributed by atoms with E-state index in [0.717, 1.165) is 38.8 Å². The van der Waals surface area contributed by atoms with Crippen LogP contribution in [0.5, 0.6) is 0 Å². The molecule has 0 radical (unpaired) electrons. The van der Waals surface area contributed by atoms with E-state index in [4.69, 9.17) is 9.47 Å². The molecule has 0 spiro atoms. The fraction of sp³-hybridized carbons (Fsp3) is 0.882. The lowest BCUT2D eigenvalue weighted by atomic mass is 9.82. The molecule has 1 fully saturated rings. The number of carbonyl (C=O) groups is 2. The van der Waals surface area contributed by atoms with E-state index in [2.05, 4.69) is 0 Å². The fourth-order valence-electron chi connectivity index (χ4n) is 2.67. The highest BCUT2D eigenvalue weighted by Gasteiger charge is 2.31. The standard InChI is InChI=1S/C17H31NO4/c1-16(2,3)22-15(20)18-11-8-13(9-12-18)7-10-17(4,5)14(19)21-6/h13H,7-12H2,1-6H3. The summed E-state index contributed by atoms with van der Waals surface area (Å²) in [4.78, 5) is 25.5. The predicted octanol–water partition coefficient (Wildman–Crippen LogP) is 3.61. The second kappa shape index (κ2) is 7.34. The van der Waals surface area contributed by atoms with Gasteiger partial charge in [-0.2, -0.15) is 0 Å². The van der Waals surface area contributed by atoms with Gasteiger partial charge in [-0.15, -0.1) is 0 Å². The Hall–Kier alpha value is -1.26. The minimum atomic E-state index is -0.446. The second-order valence-electron chi connectivity index (χ2n) is 7.82. The number of hydrogen-bond acceptors (Lipinski definition) is 4. The van der Waals surface area contributed by atoms with Gasteiger partial charge in [0.25, 0.3) is 0 Å². The fourth-order valence-corrected chi connectivity index (χ4v) is 2.67. The number of piperidine rings is 1. The summed E-state index contributed by atoms with van der Waals surface area (Å²) in [6.07, 6.45) is 3.52. The summed E-state index contributed by atoms with van der Waals surface area (Å²) < 4.78 is 10.2. The normalized spacial score (nSPS) is 17.3. The van der Waals surface area contributed by atoms with Crippen molar-refractivity contribution in [2.75, 3.05) is 20.2 Å². The van der Waals surface area contributed by atoms with Crippen molar-refractivity contribution in [3.63, 3.8) is 0 Å². The van der Waals surface area contributed by atoms with E-state index in [1.54, 1.807) is 4.90 Å². The molecule has 1 amide bonds. The van der Waals surface area contributed by atoms with Crippen molar-refractivity contribution < 1.29 is 19.1 Å². The van der Waals surface area contributed by atoms with Gasteiger partial charge >= 0.3 is 12.1 Å². The van der Waals surface area contributed by atoms with E-state index in [1.807, 2.05) is 34.6 Å². The number of rotatable bonds is 4. The van der Waals surface area contributed by atoms with Crippen LogP contribution >= 0.6 is 0 Å². The zero-order valence-corrected chi connectivity index (χ0v) is 14.9. The highest BCUT2D eigenvalue weighted by molar-refractivity contribution is 5.75. The predicted molar refractivity (Wildman–Crippen MR) is 85.6 cm³/mol. The molecule has 0 aromatic rings. The Bertz CT molecular complexity index is 390. The molecule has 0 N–H and O–H groups in total. The maximum Gasteiger partial charge on any atom is 0.410 e. The molecular formula is C17H31NO4. The number of esters is 1. The second-order valence-corrected chi connectivity index (χ2v) is 7.82. The molecule has 1 rings (SSSR count). The van der Waals surface area contributed by atoms with Crippen LogP contribution < -0.4 is 0 Å². The van der Waals surface area contributed by atoms with Crippen molar-refractivity contribution in [2.24, 2.45) is 11.3 Å². The molecule has 128 valence electrons. The van der Waals surface area contributed by atoms with Crippen LogP contribution in [0, 0.1) is 11.3 Å². The first-order valence-corrected chi connectivity index (χ1v) is 8.11. The van der Waals surface area contributed by atoms with E-state index >= 15 is 0 Å². The quantitative estimate of drug-likeness (QED) is 0.744.